The van der Waals surface area contributed by atoms with E-state index in [0.29, 0.717) is 23.9 Å². The number of hydrogen-bond donors (Lipinski definition) is 1. The first kappa shape index (κ1) is 21.9. The minimum Gasteiger partial charge on any atom is -0.308 e. The van der Waals surface area contributed by atoms with Crippen LogP contribution in [0.15, 0.2) is 66.7 Å². The molecule has 7 heteroatoms. The topological polar surface area (TPSA) is 52.7 Å². The molecule has 2 heterocycles. The molecule has 3 aromatic rings. The van der Waals surface area contributed by atoms with Crippen LogP contribution in [-0.2, 0) is 16.2 Å². The first-order valence-corrected chi connectivity index (χ1v) is 12.2. The molecule has 5 rings (SSSR count). The molecule has 1 atom stereocenters. The van der Waals surface area contributed by atoms with Crippen LogP contribution in [0.25, 0.3) is 0 Å². The van der Waals surface area contributed by atoms with Crippen LogP contribution in [0.2, 0.25) is 5.02 Å². The Kier molecular flexibility index (Phi) is 5.59. The number of amides is 3. The van der Waals surface area contributed by atoms with Gasteiger partial charge in [-0.15, -0.1) is 11.8 Å². The Hall–Kier alpha value is -2.96. The highest BCUT2D eigenvalue weighted by molar-refractivity contribution is 8.01. The summed E-state index contributed by atoms with van der Waals surface area (Å²) in [5.41, 5.74) is 5.53. The summed E-state index contributed by atoms with van der Waals surface area (Å²) in [7, 11) is 0. The molecule has 2 aliphatic rings. The molecule has 168 valence electrons. The van der Waals surface area contributed by atoms with E-state index < -0.39 is 4.87 Å². The summed E-state index contributed by atoms with van der Waals surface area (Å²) in [4.78, 5) is 29.8. The lowest BCUT2D eigenvalue weighted by atomic mass is 10.1. The van der Waals surface area contributed by atoms with Gasteiger partial charge in [-0.25, -0.2) is 4.79 Å². The summed E-state index contributed by atoms with van der Waals surface area (Å²) in [6.07, 6.45) is 0. The molecule has 0 aromatic heterocycles. The van der Waals surface area contributed by atoms with Crippen LogP contribution in [0, 0.1) is 13.8 Å². The van der Waals surface area contributed by atoms with Crippen molar-refractivity contribution in [2.75, 3.05) is 22.5 Å². The highest BCUT2D eigenvalue weighted by Gasteiger charge is 2.59. The van der Waals surface area contributed by atoms with Gasteiger partial charge in [-0.1, -0.05) is 54.1 Å². The molecular formula is C26H24ClN3O2S. The van der Waals surface area contributed by atoms with Gasteiger partial charge in [0.05, 0.1) is 12.2 Å². The van der Waals surface area contributed by atoms with Crippen LogP contribution in [0.4, 0.5) is 16.2 Å². The lowest BCUT2D eigenvalue weighted by Crippen LogP contribution is -2.51. The number of aryl methyl sites for hydroxylation is 2. The predicted molar refractivity (Wildman–Crippen MR) is 135 cm³/mol. The third-order valence-corrected chi connectivity index (χ3v) is 8.18. The molecule has 0 saturated carbocycles. The van der Waals surface area contributed by atoms with E-state index in [2.05, 4.69) is 5.32 Å². The lowest BCUT2D eigenvalue weighted by molar-refractivity contribution is -0.123. The summed E-state index contributed by atoms with van der Waals surface area (Å²) < 4.78 is 0. The summed E-state index contributed by atoms with van der Waals surface area (Å²) in [5.74, 6) is 0.571. The minimum atomic E-state index is -1.08. The van der Waals surface area contributed by atoms with Gasteiger partial charge in [-0.2, -0.15) is 0 Å². The van der Waals surface area contributed by atoms with Crippen molar-refractivity contribution in [1.29, 1.82) is 0 Å². The van der Waals surface area contributed by atoms with Crippen molar-refractivity contribution < 1.29 is 9.59 Å². The van der Waals surface area contributed by atoms with Gasteiger partial charge in [0.25, 0.3) is 5.91 Å². The fourth-order valence-corrected chi connectivity index (χ4v) is 6.19. The van der Waals surface area contributed by atoms with Crippen molar-refractivity contribution >= 4 is 46.7 Å². The number of fused-ring (bicyclic) bond motifs is 2. The second-order valence-electron chi connectivity index (χ2n) is 8.37. The van der Waals surface area contributed by atoms with Crippen LogP contribution in [0.5, 0.6) is 0 Å². The fourth-order valence-electron chi connectivity index (χ4n) is 4.53. The van der Waals surface area contributed by atoms with Crippen molar-refractivity contribution in [3.63, 3.8) is 0 Å². The van der Waals surface area contributed by atoms with Crippen molar-refractivity contribution in [3.8, 4) is 0 Å². The third-order valence-electron chi connectivity index (χ3n) is 6.39. The van der Waals surface area contributed by atoms with Crippen molar-refractivity contribution in [2.24, 2.45) is 0 Å². The number of nitrogens with one attached hydrogen (secondary N) is 1. The van der Waals surface area contributed by atoms with Gasteiger partial charge < -0.3 is 10.2 Å². The largest absolute Gasteiger partial charge is 0.323 e. The summed E-state index contributed by atoms with van der Waals surface area (Å²) in [6.45, 7) is 4.89. The zero-order valence-corrected chi connectivity index (χ0v) is 20.0. The van der Waals surface area contributed by atoms with Gasteiger partial charge in [-0.3, -0.25) is 9.69 Å². The zero-order valence-electron chi connectivity index (χ0n) is 18.5. The van der Waals surface area contributed by atoms with E-state index in [9.17, 15) is 9.59 Å². The van der Waals surface area contributed by atoms with Crippen LogP contribution in [-0.4, -0.2) is 29.1 Å². The maximum Gasteiger partial charge on any atom is 0.323 e. The van der Waals surface area contributed by atoms with Gasteiger partial charge >= 0.3 is 6.03 Å². The molecule has 3 amide bonds. The highest BCUT2D eigenvalue weighted by Crippen LogP contribution is 2.54. The van der Waals surface area contributed by atoms with Crippen LogP contribution in [0.1, 0.15) is 22.3 Å². The number of carbonyl (C=O) groups is 2. The van der Waals surface area contributed by atoms with Crippen LogP contribution in [0.3, 0.4) is 0 Å². The number of benzene rings is 3. The Morgan fingerprint density at radius 3 is 2.61 bits per heavy atom. The average molecular weight is 478 g/mol. The Bertz CT molecular complexity index is 1260. The number of para-hydroxylation sites is 1. The number of carbonyl (C=O) groups excluding carboxylic acids is 2. The predicted octanol–water partition coefficient (Wildman–Crippen LogP) is 5.94. The Labute approximate surface area is 202 Å². The second-order valence-corrected chi connectivity index (χ2v) is 10.1. The first-order chi connectivity index (χ1) is 15.9. The van der Waals surface area contributed by atoms with Crippen molar-refractivity contribution in [3.05, 3.63) is 94.0 Å². The van der Waals surface area contributed by atoms with Crippen molar-refractivity contribution in [2.45, 2.75) is 25.3 Å². The lowest BCUT2D eigenvalue weighted by Gasteiger charge is -2.33. The van der Waals surface area contributed by atoms with E-state index in [4.69, 9.17) is 11.6 Å². The summed E-state index contributed by atoms with van der Waals surface area (Å²) in [6, 6.07) is 20.8. The van der Waals surface area contributed by atoms with E-state index in [0.717, 1.165) is 33.6 Å². The molecule has 2 aliphatic heterocycles. The molecular weight excluding hydrogens is 454 g/mol. The smallest absolute Gasteiger partial charge is 0.308 e. The quantitative estimate of drug-likeness (QED) is 0.508. The number of rotatable bonds is 3. The second kappa shape index (κ2) is 8.43. The van der Waals surface area contributed by atoms with Crippen LogP contribution < -0.4 is 10.2 Å². The molecule has 5 nitrogen and oxygen atoms in total. The maximum atomic E-state index is 14.0. The zero-order chi connectivity index (χ0) is 23.2. The Morgan fingerprint density at radius 2 is 1.82 bits per heavy atom. The Balaban J connectivity index is 1.51. The molecule has 1 fully saturated rings. The molecule has 0 bridgehead atoms. The molecule has 3 aromatic carbocycles. The van der Waals surface area contributed by atoms with E-state index in [1.54, 1.807) is 9.80 Å². The molecule has 0 radical (unpaired) electrons. The fraction of sp³-hybridized carbons (Fsp3) is 0.231. The monoisotopic (exact) mass is 477 g/mol. The third kappa shape index (κ3) is 3.58. The standard InChI is InChI=1S/C26H24ClN3O2S/c1-17-11-12-20(15-18(17)2)28-25(32)30-13-14-33-26(30)21-8-4-6-10-23(21)29(24(26)31)16-19-7-3-5-9-22(19)27/h3-12,15H,13-14,16H2,1-2H3,(H,28,32)/t26-/m1/s1. The number of halogens is 1. The van der Waals surface area contributed by atoms with Gasteiger partial charge in [-0.05, 0) is 54.8 Å². The maximum absolute atomic E-state index is 14.0. The number of thioether (sulfide) groups is 1. The number of urea groups is 1. The molecule has 1 spiro atoms. The van der Waals surface area contributed by atoms with Gasteiger partial charge in [0.1, 0.15) is 0 Å². The van der Waals surface area contributed by atoms with E-state index in [1.165, 1.54) is 11.8 Å². The van der Waals surface area contributed by atoms with Gasteiger partial charge in [0.2, 0.25) is 0 Å². The SMILES string of the molecule is Cc1ccc(NC(=O)N2CCS[C@]23C(=O)N(Cc2ccccc2Cl)c2ccccc23)cc1C. The van der Waals surface area contributed by atoms with E-state index >= 15 is 0 Å². The number of nitrogens with zero attached hydrogens (tertiary/aromatic N) is 2. The van der Waals surface area contributed by atoms with Crippen molar-refractivity contribution in [1.82, 2.24) is 4.90 Å². The van der Waals surface area contributed by atoms with Gasteiger partial charge in [0.15, 0.2) is 4.87 Å². The minimum absolute atomic E-state index is 0.110. The first-order valence-electron chi connectivity index (χ1n) is 10.9. The Morgan fingerprint density at radius 1 is 1.06 bits per heavy atom. The summed E-state index contributed by atoms with van der Waals surface area (Å²) >= 11 is 7.92. The number of hydrogen-bond acceptors (Lipinski definition) is 3. The molecule has 33 heavy (non-hydrogen) atoms. The number of anilines is 2. The van der Waals surface area contributed by atoms with E-state index in [1.807, 2.05) is 80.6 Å². The molecule has 1 N–H and O–H groups in total. The molecule has 0 unspecified atom stereocenters. The summed E-state index contributed by atoms with van der Waals surface area (Å²) in [5, 5.41) is 3.63. The molecule has 0 aliphatic carbocycles. The highest BCUT2D eigenvalue weighted by atomic mass is 35.5. The normalized spacial score (nSPS) is 19.3. The average Bonchev–Trinajstić information content (AvgIpc) is 3.35. The molecule has 1 saturated heterocycles. The van der Waals surface area contributed by atoms with Crippen LogP contribution >= 0.6 is 23.4 Å². The van der Waals surface area contributed by atoms with E-state index in [-0.39, 0.29) is 11.9 Å². The van der Waals surface area contributed by atoms with Gasteiger partial charge in [0, 0.05) is 28.6 Å².